The zero-order valence-corrected chi connectivity index (χ0v) is 19.0. The molecule has 11 heteroatoms. The second kappa shape index (κ2) is 9.51. The quantitative estimate of drug-likeness (QED) is 0.705. The Morgan fingerprint density at radius 2 is 1.50 bits per heavy atom. The van der Waals surface area contributed by atoms with Gasteiger partial charge in [0, 0.05) is 32.2 Å². The van der Waals surface area contributed by atoms with E-state index in [4.69, 9.17) is 11.6 Å². The van der Waals surface area contributed by atoms with Crippen molar-refractivity contribution in [1.29, 1.82) is 0 Å². The second-order valence-electron chi connectivity index (χ2n) is 7.63. The van der Waals surface area contributed by atoms with Crippen molar-refractivity contribution in [2.24, 2.45) is 0 Å². The van der Waals surface area contributed by atoms with Crippen LogP contribution in [-0.2, 0) is 10.0 Å². The fraction of sp³-hybridized carbons (Fsp3) is 0.333. The number of rotatable bonds is 5. The molecule has 0 bridgehead atoms. The molecular formula is C21H22ClF2N3O4S. The molecule has 1 saturated heterocycles. The number of carbonyl (C=O) groups excluding carboxylic acids is 2. The molecule has 1 aliphatic heterocycles. The average Bonchev–Trinajstić information content (AvgIpc) is 2.72. The minimum atomic E-state index is -3.90. The lowest BCUT2D eigenvalue weighted by Crippen LogP contribution is -2.50. The average molecular weight is 486 g/mol. The standard InChI is InChI=1S/C21H22ClF2N3O4S/c1-13(2)25-32(30,31)15-4-6-19(24)17(12-15)21(29)27-9-7-26(8-10-27)20(28)16-5-3-14(23)11-18(16)22/h3-6,11-13,25H,7-10H2,1-2H3. The summed E-state index contributed by atoms with van der Waals surface area (Å²) in [6.07, 6.45) is 0. The summed E-state index contributed by atoms with van der Waals surface area (Å²) in [6, 6.07) is 6.16. The van der Waals surface area contributed by atoms with E-state index < -0.39 is 33.5 Å². The van der Waals surface area contributed by atoms with E-state index in [1.54, 1.807) is 13.8 Å². The van der Waals surface area contributed by atoms with Gasteiger partial charge in [-0.3, -0.25) is 9.59 Å². The predicted molar refractivity (Wildman–Crippen MR) is 115 cm³/mol. The number of hydrogen-bond acceptors (Lipinski definition) is 4. The Bertz CT molecular complexity index is 1150. The zero-order valence-electron chi connectivity index (χ0n) is 17.4. The van der Waals surface area contributed by atoms with Gasteiger partial charge < -0.3 is 9.80 Å². The first-order valence-corrected chi connectivity index (χ1v) is 11.7. The van der Waals surface area contributed by atoms with Crippen LogP contribution in [0.1, 0.15) is 34.6 Å². The third kappa shape index (κ3) is 5.25. The lowest BCUT2D eigenvalue weighted by Gasteiger charge is -2.35. The van der Waals surface area contributed by atoms with Crippen LogP contribution in [0.5, 0.6) is 0 Å². The highest BCUT2D eigenvalue weighted by Crippen LogP contribution is 2.21. The first kappa shape index (κ1) is 24.1. The maximum Gasteiger partial charge on any atom is 0.256 e. The number of benzene rings is 2. The van der Waals surface area contributed by atoms with Crippen molar-refractivity contribution in [2.75, 3.05) is 26.2 Å². The molecule has 1 heterocycles. The largest absolute Gasteiger partial charge is 0.335 e. The minimum absolute atomic E-state index is 0.0105. The van der Waals surface area contributed by atoms with Crippen LogP contribution in [0.25, 0.3) is 0 Å². The van der Waals surface area contributed by atoms with Gasteiger partial charge in [0.25, 0.3) is 11.8 Å². The molecule has 1 aliphatic rings. The molecule has 0 saturated carbocycles. The molecule has 0 unspecified atom stereocenters. The highest BCUT2D eigenvalue weighted by Gasteiger charge is 2.29. The lowest BCUT2D eigenvalue weighted by atomic mass is 10.1. The molecule has 0 atom stereocenters. The fourth-order valence-corrected chi connectivity index (χ4v) is 4.85. The van der Waals surface area contributed by atoms with Gasteiger partial charge in [-0.25, -0.2) is 21.9 Å². The van der Waals surface area contributed by atoms with Crippen LogP contribution in [0.3, 0.4) is 0 Å². The van der Waals surface area contributed by atoms with Crippen molar-refractivity contribution in [3.63, 3.8) is 0 Å². The van der Waals surface area contributed by atoms with Gasteiger partial charge in [0.05, 0.1) is 21.0 Å². The Kier molecular flexibility index (Phi) is 7.16. The Hall–Kier alpha value is -2.56. The van der Waals surface area contributed by atoms with Gasteiger partial charge in [-0.1, -0.05) is 11.6 Å². The van der Waals surface area contributed by atoms with Crippen molar-refractivity contribution < 1.29 is 26.8 Å². The number of sulfonamides is 1. The molecule has 7 nitrogen and oxygen atoms in total. The van der Waals surface area contributed by atoms with Gasteiger partial charge in [0.1, 0.15) is 11.6 Å². The smallest absolute Gasteiger partial charge is 0.256 e. The Morgan fingerprint density at radius 1 is 0.938 bits per heavy atom. The summed E-state index contributed by atoms with van der Waals surface area (Å²) in [4.78, 5) is 28.1. The monoisotopic (exact) mass is 485 g/mol. The predicted octanol–water partition coefficient (Wildman–Crippen LogP) is 2.90. The summed E-state index contributed by atoms with van der Waals surface area (Å²) in [5.41, 5.74) is -0.215. The molecule has 0 radical (unpaired) electrons. The molecule has 2 aromatic rings. The number of carbonyl (C=O) groups is 2. The van der Waals surface area contributed by atoms with E-state index in [0.717, 1.165) is 30.3 Å². The maximum atomic E-state index is 14.4. The van der Waals surface area contributed by atoms with Gasteiger partial charge in [-0.05, 0) is 50.2 Å². The zero-order chi connectivity index (χ0) is 23.6. The molecule has 32 heavy (non-hydrogen) atoms. The van der Waals surface area contributed by atoms with E-state index in [1.165, 1.54) is 15.9 Å². The van der Waals surface area contributed by atoms with Crippen LogP contribution in [0.2, 0.25) is 5.02 Å². The first-order valence-electron chi connectivity index (χ1n) is 9.85. The van der Waals surface area contributed by atoms with Crippen molar-refractivity contribution in [3.8, 4) is 0 Å². The molecule has 2 amide bonds. The number of nitrogens with zero attached hydrogens (tertiary/aromatic N) is 2. The van der Waals surface area contributed by atoms with E-state index in [0.29, 0.717) is 0 Å². The molecule has 172 valence electrons. The summed E-state index contributed by atoms with van der Waals surface area (Å²) in [6.45, 7) is 3.84. The van der Waals surface area contributed by atoms with E-state index in [1.807, 2.05) is 0 Å². The van der Waals surface area contributed by atoms with Crippen LogP contribution < -0.4 is 4.72 Å². The lowest BCUT2D eigenvalue weighted by molar-refractivity contribution is 0.0532. The summed E-state index contributed by atoms with van der Waals surface area (Å²) < 4.78 is 54.7. The van der Waals surface area contributed by atoms with Gasteiger partial charge in [-0.15, -0.1) is 0 Å². The highest BCUT2D eigenvalue weighted by molar-refractivity contribution is 7.89. The SMILES string of the molecule is CC(C)NS(=O)(=O)c1ccc(F)c(C(=O)N2CCN(C(=O)c3ccc(F)cc3Cl)CC2)c1. The Balaban J connectivity index is 1.73. The molecule has 1 fully saturated rings. The van der Waals surface area contributed by atoms with Gasteiger partial charge in [-0.2, -0.15) is 0 Å². The normalized spacial score (nSPS) is 14.7. The molecule has 3 rings (SSSR count). The van der Waals surface area contributed by atoms with E-state index in [-0.39, 0.29) is 53.3 Å². The van der Waals surface area contributed by atoms with Crippen molar-refractivity contribution in [3.05, 3.63) is 64.2 Å². The van der Waals surface area contributed by atoms with Crippen LogP contribution in [0, 0.1) is 11.6 Å². The maximum absolute atomic E-state index is 14.4. The summed E-state index contributed by atoms with van der Waals surface area (Å²) in [5, 5.41) is -0.0105. The summed E-state index contributed by atoms with van der Waals surface area (Å²) in [5.74, 6) is -2.47. The van der Waals surface area contributed by atoms with Crippen molar-refractivity contribution in [1.82, 2.24) is 14.5 Å². The van der Waals surface area contributed by atoms with Crippen LogP contribution in [-0.4, -0.2) is 62.3 Å². The van der Waals surface area contributed by atoms with Crippen LogP contribution in [0.4, 0.5) is 8.78 Å². The minimum Gasteiger partial charge on any atom is -0.335 e. The molecule has 0 aliphatic carbocycles. The highest BCUT2D eigenvalue weighted by atomic mass is 35.5. The molecule has 2 aromatic carbocycles. The number of halogens is 3. The molecule has 0 spiro atoms. The van der Waals surface area contributed by atoms with Crippen LogP contribution >= 0.6 is 11.6 Å². The number of amides is 2. The third-order valence-electron chi connectivity index (χ3n) is 4.89. The number of piperazine rings is 1. The van der Waals surface area contributed by atoms with E-state index >= 15 is 0 Å². The van der Waals surface area contributed by atoms with Gasteiger partial charge >= 0.3 is 0 Å². The Labute approximate surface area is 190 Å². The molecular weight excluding hydrogens is 464 g/mol. The van der Waals surface area contributed by atoms with Gasteiger partial charge in [0.15, 0.2) is 0 Å². The summed E-state index contributed by atoms with van der Waals surface area (Å²) >= 11 is 5.96. The van der Waals surface area contributed by atoms with Crippen molar-refractivity contribution in [2.45, 2.75) is 24.8 Å². The number of nitrogens with one attached hydrogen (secondary N) is 1. The summed E-state index contributed by atoms with van der Waals surface area (Å²) in [7, 11) is -3.90. The molecule has 0 aromatic heterocycles. The number of hydrogen-bond donors (Lipinski definition) is 1. The van der Waals surface area contributed by atoms with Gasteiger partial charge in [0.2, 0.25) is 10.0 Å². The van der Waals surface area contributed by atoms with E-state index in [9.17, 15) is 26.8 Å². The first-order chi connectivity index (χ1) is 15.0. The topological polar surface area (TPSA) is 86.8 Å². The second-order valence-corrected chi connectivity index (χ2v) is 9.75. The fourth-order valence-electron chi connectivity index (χ4n) is 3.33. The third-order valence-corrected chi connectivity index (χ3v) is 6.85. The van der Waals surface area contributed by atoms with Crippen LogP contribution in [0.15, 0.2) is 41.3 Å². The Morgan fingerprint density at radius 3 is 2.03 bits per heavy atom. The molecule has 1 N–H and O–H groups in total. The van der Waals surface area contributed by atoms with E-state index in [2.05, 4.69) is 4.72 Å². The van der Waals surface area contributed by atoms with Crippen molar-refractivity contribution >= 4 is 33.4 Å².